The maximum atomic E-state index is 12.3. The van der Waals surface area contributed by atoms with Crippen molar-refractivity contribution in [2.45, 2.75) is 13.8 Å². The van der Waals surface area contributed by atoms with Crippen LogP contribution < -0.4 is 20.9 Å². The number of aryl methyl sites for hydroxylation is 2. The van der Waals surface area contributed by atoms with Crippen molar-refractivity contribution in [1.82, 2.24) is 10.9 Å². The average molecular weight is 364 g/mol. The second-order valence-electron chi connectivity index (χ2n) is 5.20. The molecule has 126 valence electrons. The molecule has 0 aliphatic heterocycles. The quantitative estimate of drug-likeness (QED) is 0.574. The fraction of sp³-hybridized carbons (Fsp3) is 0.176. The summed E-state index contributed by atoms with van der Waals surface area (Å²) < 4.78 is 5.16. The number of carbonyl (C=O) groups is 1. The Bertz CT molecular complexity index is 780. The van der Waals surface area contributed by atoms with Gasteiger partial charge in [-0.3, -0.25) is 15.6 Å². The summed E-state index contributed by atoms with van der Waals surface area (Å²) in [5.74, 6) is 0.0200. The van der Waals surface area contributed by atoms with Crippen LogP contribution >= 0.6 is 23.8 Å². The Morgan fingerprint density at radius 2 is 1.88 bits per heavy atom. The molecule has 0 aromatic heterocycles. The lowest BCUT2D eigenvalue weighted by molar-refractivity contribution is 0.0941. The molecule has 7 heteroatoms. The number of methoxy groups -OCH3 is 1. The molecule has 2 aromatic rings. The molecular weight excluding hydrogens is 346 g/mol. The van der Waals surface area contributed by atoms with Crippen LogP contribution in [0.3, 0.4) is 0 Å². The van der Waals surface area contributed by atoms with Crippen LogP contribution in [0.5, 0.6) is 5.75 Å². The number of hydrazine groups is 1. The van der Waals surface area contributed by atoms with Crippen molar-refractivity contribution in [2.24, 2.45) is 0 Å². The highest BCUT2D eigenvalue weighted by Crippen LogP contribution is 2.22. The molecule has 0 spiro atoms. The normalized spacial score (nSPS) is 10.0. The number of anilines is 1. The molecule has 1 amide bonds. The highest BCUT2D eigenvalue weighted by molar-refractivity contribution is 7.80. The maximum Gasteiger partial charge on any atom is 0.273 e. The standard InChI is InChI=1S/C17H18ClN3O2S/c1-10-4-5-11(2)14(8-10)19-17(24)21-20-16(22)13-9-12(18)6-7-15(13)23-3/h4-9H,1-3H3,(H,20,22)(H2,19,21,24). The third kappa shape index (κ3) is 4.59. The molecule has 5 nitrogen and oxygen atoms in total. The fourth-order valence-electron chi connectivity index (χ4n) is 2.06. The molecular formula is C17H18ClN3O2S. The summed E-state index contributed by atoms with van der Waals surface area (Å²) in [6, 6.07) is 10.8. The summed E-state index contributed by atoms with van der Waals surface area (Å²) in [7, 11) is 1.49. The lowest BCUT2D eigenvalue weighted by Crippen LogP contribution is -2.43. The zero-order valence-electron chi connectivity index (χ0n) is 13.6. The van der Waals surface area contributed by atoms with E-state index in [1.54, 1.807) is 12.1 Å². The maximum absolute atomic E-state index is 12.3. The van der Waals surface area contributed by atoms with Gasteiger partial charge in [0.05, 0.1) is 12.7 Å². The number of benzene rings is 2. The van der Waals surface area contributed by atoms with Gasteiger partial charge in [-0.2, -0.15) is 0 Å². The Kier molecular flexibility index (Phi) is 6.00. The second kappa shape index (κ2) is 7.99. The van der Waals surface area contributed by atoms with E-state index in [9.17, 15) is 4.79 Å². The van der Waals surface area contributed by atoms with Gasteiger partial charge in [0.1, 0.15) is 5.75 Å². The Labute approximate surface area is 151 Å². The number of nitrogens with one attached hydrogen (secondary N) is 3. The van der Waals surface area contributed by atoms with Crippen molar-refractivity contribution < 1.29 is 9.53 Å². The SMILES string of the molecule is COc1ccc(Cl)cc1C(=O)NNC(=S)Nc1cc(C)ccc1C. The monoisotopic (exact) mass is 363 g/mol. The van der Waals surface area contributed by atoms with Crippen LogP contribution in [0.2, 0.25) is 5.02 Å². The van der Waals surface area contributed by atoms with Gasteiger partial charge in [-0.15, -0.1) is 0 Å². The Morgan fingerprint density at radius 1 is 1.12 bits per heavy atom. The molecule has 3 N–H and O–H groups in total. The third-order valence-electron chi connectivity index (χ3n) is 3.34. The van der Waals surface area contributed by atoms with E-state index in [2.05, 4.69) is 16.2 Å². The first-order valence-electron chi connectivity index (χ1n) is 7.19. The smallest absolute Gasteiger partial charge is 0.273 e. The zero-order valence-corrected chi connectivity index (χ0v) is 15.1. The summed E-state index contributed by atoms with van der Waals surface area (Å²) in [5.41, 5.74) is 8.54. The minimum absolute atomic E-state index is 0.276. The van der Waals surface area contributed by atoms with Gasteiger partial charge in [0.15, 0.2) is 5.11 Å². The molecule has 2 rings (SSSR count). The molecule has 0 aliphatic carbocycles. The van der Waals surface area contributed by atoms with Crippen LogP contribution in [0.1, 0.15) is 21.5 Å². The lowest BCUT2D eigenvalue weighted by atomic mass is 10.1. The third-order valence-corrected chi connectivity index (χ3v) is 3.78. The van der Waals surface area contributed by atoms with Gasteiger partial charge >= 0.3 is 0 Å². The molecule has 0 saturated carbocycles. The van der Waals surface area contributed by atoms with E-state index in [0.717, 1.165) is 16.8 Å². The van der Waals surface area contributed by atoms with Gasteiger partial charge in [-0.1, -0.05) is 23.7 Å². The lowest BCUT2D eigenvalue weighted by Gasteiger charge is -2.14. The van der Waals surface area contributed by atoms with Gasteiger partial charge in [-0.05, 0) is 61.5 Å². The zero-order chi connectivity index (χ0) is 17.7. The van der Waals surface area contributed by atoms with Crippen LogP contribution in [-0.4, -0.2) is 18.1 Å². The van der Waals surface area contributed by atoms with Crippen molar-refractivity contribution in [3.8, 4) is 5.75 Å². The van der Waals surface area contributed by atoms with E-state index < -0.39 is 5.91 Å². The van der Waals surface area contributed by atoms with Gasteiger partial charge in [0.25, 0.3) is 5.91 Å². The predicted molar refractivity (Wildman–Crippen MR) is 101 cm³/mol. The van der Waals surface area contributed by atoms with Crippen molar-refractivity contribution in [3.05, 3.63) is 58.1 Å². The van der Waals surface area contributed by atoms with E-state index >= 15 is 0 Å². The summed E-state index contributed by atoms with van der Waals surface area (Å²) in [6.45, 7) is 3.97. The molecule has 0 radical (unpaired) electrons. The van der Waals surface area contributed by atoms with E-state index in [4.69, 9.17) is 28.6 Å². The van der Waals surface area contributed by atoms with Crippen LogP contribution in [-0.2, 0) is 0 Å². The van der Waals surface area contributed by atoms with Crippen LogP contribution in [0.15, 0.2) is 36.4 Å². The van der Waals surface area contributed by atoms with E-state index in [1.165, 1.54) is 13.2 Å². The molecule has 0 heterocycles. The highest BCUT2D eigenvalue weighted by atomic mass is 35.5. The number of carbonyl (C=O) groups excluding carboxylic acids is 1. The molecule has 0 unspecified atom stereocenters. The number of amides is 1. The molecule has 0 fully saturated rings. The summed E-state index contributed by atoms with van der Waals surface area (Å²) in [6.07, 6.45) is 0. The first kappa shape index (κ1) is 18.0. The van der Waals surface area contributed by atoms with Gasteiger partial charge in [0.2, 0.25) is 0 Å². The van der Waals surface area contributed by atoms with Crippen molar-refractivity contribution >= 4 is 40.5 Å². The Morgan fingerprint density at radius 3 is 2.58 bits per heavy atom. The molecule has 24 heavy (non-hydrogen) atoms. The van der Waals surface area contributed by atoms with E-state index in [1.807, 2.05) is 32.0 Å². The number of halogens is 1. The van der Waals surface area contributed by atoms with Gasteiger partial charge in [0, 0.05) is 10.7 Å². The summed E-state index contributed by atoms with van der Waals surface area (Å²) in [4.78, 5) is 12.3. The highest BCUT2D eigenvalue weighted by Gasteiger charge is 2.13. The first-order chi connectivity index (χ1) is 11.4. The van der Waals surface area contributed by atoms with Gasteiger partial charge < -0.3 is 10.1 Å². The molecule has 0 aliphatic rings. The first-order valence-corrected chi connectivity index (χ1v) is 7.97. The Hall–Kier alpha value is -2.31. The number of rotatable bonds is 3. The number of hydrogen-bond donors (Lipinski definition) is 3. The molecule has 0 bridgehead atoms. The molecule has 0 atom stereocenters. The number of hydrogen-bond acceptors (Lipinski definition) is 3. The van der Waals surface area contributed by atoms with Gasteiger partial charge in [-0.25, -0.2) is 0 Å². The van der Waals surface area contributed by atoms with Crippen molar-refractivity contribution in [1.29, 1.82) is 0 Å². The predicted octanol–water partition coefficient (Wildman–Crippen LogP) is 3.60. The van der Waals surface area contributed by atoms with Crippen molar-refractivity contribution in [3.63, 3.8) is 0 Å². The summed E-state index contributed by atoms with van der Waals surface area (Å²) >= 11 is 11.1. The Balaban J connectivity index is 2.00. The average Bonchev–Trinajstić information content (AvgIpc) is 2.56. The van der Waals surface area contributed by atoms with E-state index in [0.29, 0.717) is 16.3 Å². The topological polar surface area (TPSA) is 62.4 Å². The van der Waals surface area contributed by atoms with Crippen molar-refractivity contribution in [2.75, 3.05) is 12.4 Å². The minimum Gasteiger partial charge on any atom is -0.496 e. The largest absolute Gasteiger partial charge is 0.496 e. The van der Waals surface area contributed by atoms with Crippen LogP contribution in [0, 0.1) is 13.8 Å². The van der Waals surface area contributed by atoms with E-state index in [-0.39, 0.29) is 5.11 Å². The van der Waals surface area contributed by atoms with Crippen LogP contribution in [0.4, 0.5) is 5.69 Å². The number of thiocarbonyl (C=S) groups is 1. The minimum atomic E-state index is -0.403. The van der Waals surface area contributed by atoms with Crippen LogP contribution in [0.25, 0.3) is 0 Å². The molecule has 2 aromatic carbocycles. The number of ether oxygens (including phenoxy) is 1. The second-order valence-corrected chi connectivity index (χ2v) is 6.04. The fourth-order valence-corrected chi connectivity index (χ4v) is 2.40. The summed E-state index contributed by atoms with van der Waals surface area (Å²) in [5, 5.41) is 3.76. The molecule has 0 saturated heterocycles.